The number of carbonyl (C=O) groups is 1. The highest BCUT2D eigenvalue weighted by atomic mass is 16.5. The molecule has 0 unspecified atom stereocenters. The summed E-state index contributed by atoms with van der Waals surface area (Å²) >= 11 is 0. The van der Waals surface area contributed by atoms with Crippen molar-refractivity contribution < 1.29 is 9.53 Å². The van der Waals surface area contributed by atoms with Crippen molar-refractivity contribution in [2.45, 2.75) is 13.3 Å². The number of benzene rings is 1. The maximum absolute atomic E-state index is 11.8. The summed E-state index contributed by atoms with van der Waals surface area (Å²) < 4.78 is 5.16. The summed E-state index contributed by atoms with van der Waals surface area (Å²) in [5, 5.41) is 5.51. The number of hydrogen-bond acceptors (Lipinski definition) is 3. The minimum absolute atomic E-state index is 0.254. The van der Waals surface area contributed by atoms with Gasteiger partial charge >= 0.3 is 6.03 Å². The van der Waals surface area contributed by atoms with E-state index in [0.29, 0.717) is 12.4 Å². The Morgan fingerprint density at radius 2 is 2.05 bits per heavy atom. The Labute approximate surface area is 124 Å². The zero-order chi connectivity index (χ0) is 15.1. The number of aryl methyl sites for hydroxylation is 1. The maximum atomic E-state index is 11.8. The predicted octanol–water partition coefficient (Wildman–Crippen LogP) is 2.76. The van der Waals surface area contributed by atoms with Crippen LogP contribution in [-0.2, 0) is 6.42 Å². The van der Waals surface area contributed by atoms with Crippen LogP contribution in [0.15, 0.2) is 42.5 Å². The molecule has 0 aliphatic carbocycles. The van der Waals surface area contributed by atoms with Crippen molar-refractivity contribution in [2.24, 2.45) is 0 Å². The molecule has 0 saturated heterocycles. The summed E-state index contributed by atoms with van der Waals surface area (Å²) in [5.74, 6) is 1.37. The van der Waals surface area contributed by atoms with Crippen molar-refractivity contribution in [1.29, 1.82) is 0 Å². The van der Waals surface area contributed by atoms with Gasteiger partial charge in [0.15, 0.2) is 0 Å². The van der Waals surface area contributed by atoms with Gasteiger partial charge in [-0.05, 0) is 43.2 Å². The predicted molar refractivity (Wildman–Crippen MR) is 82.7 cm³/mol. The molecule has 2 aromatic rings. The van der Waals surface area contributed by atoms with Gasteiger partial charge in [0.05, 0.1) is 7.11 Å². The first kappa shape index (κ1) is 14.8. The molecule has 5 heteroatoms. The minimum atomic E-state index is -0.254. The second-order valence-corrected chi connectivity index (χ2v) is 4.65. The third-order valence-electron chi connectivity index (χ3n) is 2.96. The van der Waals surface area contributed by atoms with Crippen LogP contribution in [0.4, 0.5) is 10.6 Å². The summed E-state index contributed by atoms with van der Waals surface area (Å²) in [4.78, 5) is 16.0. The molecule has 0 spiro atoms. The molecule has 0 radical (unpaired) electrons. The summed E-state index contributed by atoms with van der Waals surface area (Å²) in [5.41, 5.74) is 1.98. The monoisotopic (exact) mass is 285 g/mol. The number of hydrogen-bond donors (Lipinski definition) is 2. The third kappa shape index (κ3) is 4.80. The van der Waals surface area contributed by atoms with Gasteiger partial charge < -0.3 is 10.1 Å². The average Bonchev–Trinajstić information content (AvgIpc) is 2.47. The van der Waals surface area contributed by atoms with Gasteiger partial charge in [-0.15, -0.1) is 0 Å². The van der Waals surface area contributed by atoms with Crippen LogP contribution in [0.25, 0.3) is 0 Å². The Kier molecular flexibility index (Phi) is 5.15. The zero-order valence-corrected chi connectivity index (χ0v) is 12.2. The van der Waals surface area contributed by atoms with E-state index in [1.54, 1.807) is 13.2 Å². The lowest BCUT2D eigenvalue weighted by atomic mass is 10.1. The molecule has 110 valence electrons. The van der Waals surface area contributed by atoms with Crippen molar-refractivity contribution in [3.05, 3.63) is 53.7 Å². The molecule has 0 saturated carbocycles. The highest BCUT2D eigenvalue weighted by molar-refractivity contribution is 5.88. The minimum Gasteiger partial charge on any atom is -0.497 e. The topological polar surface area (TPSA) is 63.2 Å². The number of carbonyl (C=O) groups excluding carboxylic acids is 1. The van der Waals surface area contributed by atoms with Gasteiger partial charge in [0, 0.05) is 12.2 Å². The second kappa shape index (κ2) is 7.28. The number of nitrogens with one attached hydrogen (secondary N) is 2. The Morgan fingerprint density at radius 3 is 2.81 bits per heavy atom. The van der Waals surface area contributed by atoms with E-state index in [2.05, 4.69) is 15.6 Å². The largest absolute Gasteiger partial charge is 0.497 e. The molecule has 1 heterocycles. The molecule has 0 atom stereocenters. The maximum Gasteiger partial charge on any atom is 0.320 e. The Bertz CT molecular complexity index is 614. The molecule has 2 N–H and O–H groups in total. The van der Waals surface area contributed by atoms with E-state index in [4.69, 9.17) is 4.74 Å². The van der Waals surface area contributed by atoms with Crippen LogP contribution >= 0.6 is 0 Å². The number of ether oxygens (including phenoxy) is 1. The molecular formula is C16H19N3O2. The summed E-state index contributed by atoms with van der Waals surface area (Å²) in [6.45, 7) is 2.43. The fourth-order valence-corrected chi connectivity index (χ4v) is 1.92. The number of rotatable bonds is 5. The van der Waals surface area contributed by atoms with Crippen LogP contribution < -0.4 is 15.4 Å². The van der Waals surface area contributed by atoms with Gasteiger partial charge in [0.1, 0.15) is 11.6 Å². The van der Waals surface area contributed by atoms with Crippen LogP contribution in [0.2, 0.25) is 0 Å². The summed E-state index contributed by atoms with van der Waals surface area (Å²) in [7, 11) is 1.64. The fraction of sp³-hybridized carbons (Fsp3) is 0.250. The Morgan fingerprint density at radius 1 is 1.24 bits per heavy atom. The SMILES string of the molecule is COc1cccc(CCNC(=O)Nc2cccc(C)n2)c1. The summed E-state index contributed by atoms with van der Waals surface area (Å²) in [6, 6.07) is 13.0. The quantitative estimate of drug-likeness (QED) is 0.888. The normalized spacial score (nSPS) is 10.0. The molecule has 1 aromatic carbocycles. The number of aromatic nitrogens is 1. The van der Waals surface area contributed by atoms with Crippen molar-refractivity contribution in [2.75, 3.05) is 19.0 Å². The van der Waals surface area contributed by atoms with Crippen LogP contribution in [0.5, 0.6) is 5.75 Å². The fourth-order valence-electron chi connectivity index (χ4n) is 1.92. The number of anilines is 1. The van der Waals surface area contributed by atoms with Crippen molar-refractivity contribution >= 4 is 11.8 Å². The lowest BCUT2D eigenvalue weighted by molar-refractivity contribution is 0.252. The van der Waals surface area contributed by atoms with Crippen LogP contribution in [0.1, 0.15) is 11.3 Å². The van der Waals surface area contributed by atoms with Crippen molar-refractivity contribution in [1.82, 2.24) is 10.3 Å². The lowest BCUT2D eigenvalue weighted by Gasteiger charge is -2.08. The molecule has 2 amide bonds. The van der Waals surface area contributed by atoms with E-state index in [0.717, 1.165) is 23.4 Å². The number of urea groups is 1. The van der Waals surface area contributed by atoms with E-state index in [9.17, 15) is 4.79 Å². The number of pyridine rings is 1. The molecule has 0 aliphatic heterocycles. The first-order valence-electron chi connectivity index (χ1n) is 6.79. The third-order valence-corrected chi connectivity index (χ3v) is 2.96. The zero-order valence-electron chi connectivity index (χ0n) is 12.2. The highest BCUT2D eigenvalue weighted by Gasteiger charge is 2.02. The van der Waals surface area contributed by atoms with Gasteiger partial charge in [-0.2, -0.15) is 0 Å². The van der Waals surface area contributed by atoms with Gasteiger partial charge in [0.25, 0.3) is 0 Å². The molecule has 0 bridgehead atoms. The average molecular weight is 285 g/mol. The Hall–Kier alpha value is -2.56. The first-order valence-corrected chi connectivity index (χ1v) is 6.79. The molecule has 5 nitrogen and oxygen atoms in total. The van der Waals surface area contributed by atoms with E-state index < -0.39 is 0 Å². The number of nitrogens with zero attached hydrogens (tertiary/aromatic N) is 1. The van der Waals surface area contributed by atoms with Crippen LogP contribution in [0, 0.1) is 6.92 Å². The van der Waals surface area contributed by atoms with Crippen molar-refractivity contribution in [3.8, 4) is 5.75 Å². The Balaban J connectivity index is 1.79. The smallest absolute Gasteiger partial charge is 0.320 e. The number of amides is 2. The van der Waals surface area contributed by atoms with E-state index in [1.165, 1.54) is 0 Å². The molecule has 0 aliphatic rings. The molecule has 1 aromatic heterocycles. The molecule has 21 heavy (non-hydrogen) atoms. The molecule has 2 rings (SSSR count). The lowest BCUT2D eigenvalue weighted by Crippen LogP contribution is -2.30. The number of methoxy groups -OCH3 is 1. The van der Waals surface area contributed by atoms with E-state index >= 15 is 0 Å². The summed E-state index contributed by atoms with van der Waals surface area (Å²) in [6.07, 6.45) is 0.742. The van der Waals surface area contributed by atoms with E-state index in [1.807, 2.05) is 43.3 Å². The molecule has 0 fully saturated rings. The highest BCUT2D eigenvalue weighted by Crippen LogP contribution is 2.12. The molecular weight excluding hydrogens is 266 g/mol. The first-order chi connectivity index (χ1) is 10.2. The van der Waals surface area contributed by atoms with Crippen molar-refractivity contribution in [3.63, 3.8) is 0 Å². The van der Waals surface area contributed by atoms with Crippen LogP contribution in [0.3, 0.4) is 0 Å². The van der Waals surface area contributed by atoms with Gasteiger partial charge in [0.2, 0.25) is 0 Å². The second-order valence-electron chi connectivity index (χ2n) is 4.65. The standard InChI is InChI=1S/C16H19N3O2/c1-12-5-3-8-15(18-12)19-16(20)17-10-9-13-6-4-7-14(11-13)21-2/h3-8,11H,9-10H2,1-2H3,(H2,17,18,19,20). The van der Waals surface area contributed by atoms with Gasteiger partial charge in [-0.1, -0.05) is 18.2 Å². The van der Waals surface area contributed by atoms with Crippen LogP contribution in [-0.4, -0.2) is 24.7 Å². The van der Waals surface area contributed by atoms with Gasteiger partial charge in [-0.3, -0.25) is 5.32 Å². The van der Waals surface area contributed by atoms with Gasteiger partial charge in [-0.25, -0.2) is 9.78 Å². The van der Waals surface area contributed by atoms with E-state index in [-0.39, 0.29) is 6.03 Å².